The van der Waals surface area contributed by atoms with Crippen molar-refractivity contribution >= 4 is 39.0 Å². The molecule has 3 aromatic rings. The Morgan fingerprint density at radius 1 is 1.19 bits per heavy atom. The zero-order valence-corrected chi connectivity index (χ0v) is 14.5. The molecule has 7 heteroatoms. The van der Waals surface area contributed by atoms with Gasteiger partial charge in [0.15, 0.2) is 6.10 Å². The monoisotopic (exact) mass is 368 g/mol. The van der Waals surface area contributed by atoms with Crippen molar-refractivity contribution in [3.05, 3.63) is 64.8 Å². The summed E-state index contributed by atoms with van der Waals surface area (Å²) in [4.78, 5) is 24.7. The van der Waals surface area contributed by atoms with Crippen molar-refractivity contribution in [1.29, 1.82) is 5.26 Å². The van der Waals surface area contributed by atoms with Crippen LogP contribution in [0.3, 0.4) is 0 Å². The van der Waals surface area contributed by atoms with Crippen LogP contribution < -0.4 is 5.32 Å². The van der Waals surface area contributed by atoms with Gasteiger partial charge < -0.3 is 10.1 Å². The highest BCUT2D eigenvalue weighted by atomic mass is 32.1. The van der Waals surface area contributed by atoms with E-state index in [1.54, 1.807) is 30.3 Å². The molecule has 1 amide bonds. The number of amides is 1. The van der Waals surface area contributed by atoms with Gasteiger partial charge in [-0.3, -0.25) is 4.79 Å². The quantitative estimate of drug-likeness (QED) is 0.703. The number of rotatable bonds is 4. The van der Waals surface area contributed by atoms with Gasteiger partial charge in [-0.25, -0.2) is 9.18 Å². The van der Waals surface area contributed by atoms with Crippen molar-refractivity contribution in [2.24, 2.45) is 0 Å². The van der Waals surface area contributed by atoms with Crippen molar-refractivity contribution in [3.8, 4) is 6.07 Å². The Hall–Kier alpha value is -3.24. The lowest BCUT2D eigenvalue weighted by Gasteiger charge is -2.13. The number of carbonyl (C=O) groups excluding carboxylic acids is 2. The van der Waals surface area contributed by atoms with Crippen molar-refractivity contribution in [1.82, 2.24) is 0 Å². The summed E-state index contributed by atoms with van der Waals surface area (Å²) in [5.41, 5.74) is 0.970. The van der Waals surface area contributed by atoms with E-state index < -0.39 is 18.0 Å². The van der Waals surface area contributed by atoms with Gasteiger partial charge in [-0.05, 0) is 60.8 Å². The summed E-state index contributed by atoms with van der Waals surface area (Å²) in [7, 11) is 0. The lowest BCUT2D eigenvalue weighted by molar-refractivity contribution is -0.123. The minimum Gasteiger partial charge on any atom is -0.448 e. The van der Waals surface area contributed by atoms with Gasteiger partial charge in [-0.2, -0.15) is 5.26 Å². The molecule has 1 atom stereocenters. The summed E-state index contributed by atoms with van der Waals surface area (Å²) in [6.45, 7) is 1.46. The second-order valence-electron chi connectivity index (χ2n) is 5.52. The topological polar surface area (TPSA) is 79.2 Å². The van der Waals surface area contributed by atoms with E-state index in [4.69, 9.17) is 10.00 Å². The highest BCUT2D eigenvalue weighted by Gasteiger charge is 2.20. The van der Waals surface area contributed by atoms with Gasteiger partial charge in [0, 0.05) is 10.4 Å². The molecule has 2 aromatic carbocycles. The number of halogens is 1. The number of fused-ring (bicyclic) bond motifs is 1. The van der Waals surface area contributed by atoms with Gasteiger partial charge in [0.05, 0.1) is 11.6 Å². The molecule has 0 aliphatic rings. The maximum absolute atomic E-state index is 13.2. The summed E-state index contributed by atoms with van der Waals surface area (Å²) in [6, 6.07) is 14.1. The maximum Gasteiger partial charge on any atom is 0.349 e. The first-order valence-corrected chi connectivity index (χ1v) is 8.49. The van der Waals surface area contributed by atoms with E-state index in [1.807, 2.05) is 6.07 Å². The average molecular weight is 368 g/mol. The molecule has 1 N–H and O–H groups in total. The fourth-order valence-electron chi connectivity index (χ4n) is 2.26. The molecular formula is C19H13FN2O3S. The zero-order chi connectivity index (χ0) is 18.7. The number of hydrogen-bond acceptors (Lipinski definition) is 5. The molecule has 0 aliphatic heterocycles. The molecule has 0 unspecified atom stereocenters. The second-order valence-corrected chi connectivity index (χ2v) is 6.60. The molecule has 0 aliphatic carbocycles. The largest absolute Gasteiger partial charge is 0.448 e. The Balaban J connectivity index is 1.65. The number of esters is 1. The van der Waals surface area contributed by atoms with Crippen LogP contribution in [0.25, 0.3) is 10.1 Å². The number of carbonyl (C=O) groups is 2. The van der Waals surface area contributed by atoms with Crippen molar-refractivity contribution in [2.45, 2.75) is 13.0 Å². The van der Waals surface area contributed by atoms with E-state index >= 15 is 0 Å². The smallest absolute Gasteiger partial charge is 0.349 e. The van der Waals surface area contributed by atoms with E-state index in [9.17, 15) is 14.0 Å². The molecule has 0 spiro atoms. The predicted octanol–water partition coefficient (Wildman–Crippen LogP) is 4.10. The highest BCUT2D eigenvalue weighted by Crippen LogP contribution is 2.27. The van der Waals surface area contributed by atoms with Crippen LogP contribution in [0.4, 0.5) is 10.1 Å². The summed E-state index contributed by atoms with van der Waals surface area (Å²) < 4.78 is 19.2. The van der Waals surface area contributed by atoms with Gasteiger partial charge in [-0.15, -0.1) is 11.3 Å². The number of benzene rings is 2. The summed E-state index contributed by atoms with van der Waals surface area (Å²) >= 11 is 1.17. The standard InChI is InChI=1S/C19H13FN2O3S/c1-11(18(23)22-15-5-2-12(10-21)3-6-15)25-19(24)17-9-13-8-14(20)4-7-16(13)26-17/h2-9,11H,1H3,(H,22,23)/t11-/m1/s1. The van der Waals surface area contributed by atoms with Gasteiger partial charge >= 0.3 is 5.97 Å². The van der Waals surface area contributed by atoms with Crippen LogP contribution in [0.15, 0.2) is 48.5 Å². The van der Waals surface area contributed by atoms with E-state index in [1.165, 1.54) is 36.5 Å². The Morgan fingerprint density at radius 3 is 2.62 bits per heavy atom. The van der Waals surface area contributed by atoms with Crippen molar-refractivity contribution in [2.75, 3.05) is 5.32 Å². The minimum absolute atomic E-state index is 0.295. The van der Waals surface area contributed by atoms with Crippen LogP contribution in [0.5, 0.6) is 0 Å². The van der Waals surface area contributed by atoms with Crippen LogP contribution in [-0.4, -0.2) is 18.0 Å². The number of ether oxygens (including phenoxy) is 1. The lowest BCUT2D eigenvalue weighted by Crippen LogP contribution is -2.29. The number of thiophene rings is 1. The molecule has 0 radical (unpaired) electrons. The molecule has 26 heavy (non-hydrogen) atoms. The number of nitriles is 1. The van der Waals surface area contributed by atoms with Crippen LogP contribution in [0.2, 0.25) is 0 Å². The Labute approximate surface area is 152 Å². The first-order valence-electron chi connectivity index (χ1n) is 7.67. The fourth-order valence-corrected chi connectivity index (χ4v) is 3.18. The van der Waals surface area contributed by atoms with Crippen LogP contribution in [0, 0.1) is 17.1 Å². The number of hydrogen-bond donors (Lipinski definition) is 1. The molecule has 1 aromatic heterocycles. The lowest BCUT2D eigenvalue weighted by atomic mass is 10.2. The fraction of sp³-hybridized carbons (Fsp3) is 0.105. The number of nitrogens with one attached hydrogen (secondary N) is 1. The Morgan fingerprint density at radius 2 is 1.92 bits per heavy atom. The Kier molecular flexibility index (Phi) is 4.96. The van der Waals surface area contributed by atoms with Crippen molar-refractivity contribution in [3.63, 3.8) is 0 Å². The third-order valence-electron chi connectivity index (χ3n) is 3.61. The molecule has 130 valence electrons. The van der Waals surface area contributed by atoms with E-state index in [2.05, 4.69) is 5.32 Å². The van der Waals surface area contributed by atoms with Crippen LogP contribution >= 0.6 is 11.3 Å². The average Bonchev–Trinajstić information content (AvgIpc) is 3.05. The normalized spacial score (nSPS) is 11.6. The minimum atomic E-state index is -1.01. The molecule has 0 saturated heterocycles. The maximum atomic E-state index is 13.2. The van der Waals surface area contributed by atoms with E-state index in [0.29, 0.717) is 21.5 Å². The Bertz CT molecular complexity index is 1020. The third kappa shape index (κ3) is 3.87. The zero-order valence-electron chi connectivity index (χ0n) is 13.7. The predicted molar refractivity (Wildman–Crippen MR) is 96.4 cm³/mol. The van der Waals surface area contributed by atoms with E-state index in [-0.39, 0.29) is 5.82 Å². The highest BCUT2D eigenvalue weighted by molar-refractivity contribution is 7.20. The first-order chi connectivity index (χ1) is 12.5. The second kappa shape index (κ2) is 7.33. The number of anilines is 1. The van der Waals surface area contributed by atoms with Crippen molar-refractivity contribution < 1.29 is 18.7 Å². The van der Waals surface area contributed by atoms with Crippen LogP contribution in [-0.2, 0) is 9.53 Å². The van der Waals surface area contributed by atoms with Gasteiger partial charge in [-0.1, -0.05) is 0 Å². The van der Waals surface area contributed by atoms with E-state index in [0.717, 1.165) is 4.70 Å². The molecule has 0 saturated carbocycles. The molecule has 3 rings (SSSR count). The SMILES string of the molecule is C[C@@H](OC(=O)c1cc2cc(F)ccc2s1)C(=O)Nc1ccc(C#N)cc1. The third-order valence-corrected chi connectivity index (χ3v) is 4.71. The molecule has 5 nitrogen and oxygen atoms in total. The molecule has 1 heterocycles. The molecule has 0 bridgehead atoms. The summed E-state index contributed by atoms with van der Waals surface area (Å²) in [5.74, 6) is -1.52. The summed E-state index contributed by atoms with van der Waals surface area (Å²) in [6.07, 6.45) is -1.01. The van der Waals surface area contributed by atoms with Gasteiger partial charge in [0.1, 0.15) is 10.7 Å². The van der Waals surface area contributed by atoms with Gasteiger partial charge in [0.2, 0.25) is 0 Å². The number of nitrogens with zero attached hydrogens (tertiary/aromatic N) is 1. The van der Waals surface area contributed by atoms with Crippen LogP contribution in [0.1, 0.15) is 22.2 Å². The molecule has 0 fully saturated rings. The molecular weight excluding hydrogens is 355 g/mol. The first kappa shape index (κ1) is 17.6. The van der Waals surface area contributed by atoms with Gasteiger partial charge in [0.25, 0.3) is 5.91 Å². The summed E-state index contributed by atoms with van der Waals surface area (Å²) in [5, 5.41) is 12.0.